The average Bonchev–Trinajstić information content (AvgIpc) is 3.31. The molecule has 2 fully saturated rings. The van der Waals surface area contributed by atoms with Crippen LogP contribution in [-0.4, -0.2) is 36.3 Å². The Balaban J connectivity index is 1.40. The van der Waals surface area contributed by atoms with E-state index in [1.165, 1.54) is 68.0 Å². The lowest BCUT2D eigenvalue weighted by molar-refractivity contribution is 0.242. The maximum Gasteiger partial charge on any atom is 0.0208 e. The highest BCUT2D eigenvalue weighted by Gasteiger charge is 2.19. The number of benzene rings is 1. The predicted octanol–water partition coefficient (Wildman–Crippen LogP) is 3.52. The zero-order chi connectivity index (χ0) is 13.6. The largest absolute Gasteiger partial charge is 0.310 e. The van der Waals surface area contributed by atoms with Crippen molar-refractivity contribution in [3.05, 3.63) is 29.8 Å². The Morgan fingerprint density at radius 1 is 1.15 bits per heavy atom. The van der Waals surface area contributed by atoms with Gasteiger partial charge in [0.25, 0.3) is 0 Å². The number of hydrogen-bond donors (Lipinski definition) is 1. The molecule has 1 N–H and O–H groups in total. The van der Waals surface area contributed by atoms with Crippen molar-refractivity contribution in [1.82, 2.24) is 10.2 Å². The zero-order valence-corrected chi connectivity index (χ0v) is 13.1. The molecule has 20 heavy (non-hydrogen) atoms. The molecule has 0 aromatic heterocycles. The van der Waals surface area contributed by atoms with Gasteiger partial charge in [0, 0.05) is 29.8 Å². The average molecular weight is 290 g/mol. The summed E-state index contributed by atoms with van der Waals surface area (Å²) in [6, 6.07) is 9.85. The second-order valence-corrected chi connectivity index (χ2v) is 7.22. The Bertz CT molecular complexity index is 411. The van der Waals surface area contributed by atoms with Crippen LogP contribution in [0.3, 0.4) is 0 Å². The summed E-state index contributed by atoms with van der Waals surface area (Å²) in [7, 11) is 0. The van der Waals surface area contributed by atoms with Gasteiger partial charge in [0.15, 0.2) is 0 Å². The minimum atomic E-state index is 0.797. The normalized spacial score (nSPS) is 20.2. The lowest BCUT2D eigenvalue weighted by atomic mass is 10.1. The molecular weight excluding hydrogens is 264 g/mol. The number of piperidine rings is 1. The van der Waals surface area contributed by atoms with Gasteiger partial charge in [0.1, 0.15) is 0 Å². The van der Waals surface area contributed by atoms with E-state index in [9.17, 15) is 0 Å². The monoisotopic (exact) mass is 290 g/mol. The van der Waals surface area contributed by atoms with Crippen molar-refractivity contribution in [3.8, 4) is 0 Å². The molecule has 0 unspecified atom stereocenters. The highest BCUT2D eigenvalue weighted by molar-refractivity contribution is 7.99. The number of nitrogens with one attached hydrogen (secondary N) is 1. The van der Waals surface area contributed by atoms with Crippen LogP contribution in [0.2, 0.25) is 0 Å². The van der Waals surface area contributed by atoms with E-state index in [2.05, 4.69) is 34.5 Å². The molecule has 1 aromatic carbocycles. The molecule has 1 saturated carbocycles. The molecule has 2 nitrogen and oxygen atoms in total. The summed E-state index contributed by atoms with van der Waals surface area (Å²) in [6.45, 7) is 4.90. The SMILES string of the molecule is c1cc(CNC2CC2)cc(SCCN2CCCCC2)c1. The smallest absolute Gasteiger partial charge is 0.0208 e. The molecule has 1 heterocycles. The van der Waals surface area contributed by atoms with E-state index in [1.807, 2.05) is 11.8 Å². The summed E-state index contributed by atoms with van der Waals surface area (Å²) in [6.07, 6.45) is 6.95. The first-order valence-corrected chi connectivity index (χ1v) is 9.06. The topological polar surface area (TPSA) is 15.3 Å². The molecule has 3 heteroatoms. The lowest BCUT2D eigenvalue weighted by Crippen LogP contribution is -2.31. The molecule has 110 valence electrons. The number of nitrogens with zero attached hydrogens (tertiary/aromatic N) is 1. The van der Waals surface area contributed by atoms with Crippen molar-refractivity contribution in [2.45, 2.75) is 49.6 Å². The van der Waals surface area contributed by atoms with Gasteiger partial charge in [-0.15, -0.1) is 11.8 Å². The molecule has 0 bridgehead atoms. The Labute approximate surface area is 127 Å². The van der Waals surface area contributed by atoms with Crippen LogP contribution in [0.1, 0.15) is 37.7 Å². The van der Waals surface area contributed by atoms with E-state index in [4.69, 9.17) is 0 Å². The van der Waals surface area contributed by atoms with Gasteiger partial charge in [-0.25, -0.2) is 0 Å². The van der Waals surface area contributed by atoms with Gasteiger partial charge in [0.2, 0.25) is 0 Å². The molecule has 2 aliphatic rings. The first-order chi connectivity index (χ1) is 9.90. The number of likely N-dealkylation sites (tertiary alicyclic amines) is 1. The molecule has 0 amide bonds. The van der Waals surface area contributed by atoms with Crippen LogP contribution >= 0.6 is 11.8 Å². The molecule has 1 aliphatic carbocycles. The van der Waals surface area contributed by atoms with Crippen molar-refractivity contribution < 1.29 is 0 Å². The molecule has 1 aliphatic heterocycles. The Kier molecular flexibility index (Phi) is 5.40. The molecule has 0 atom stereocenters. The van der Waals surface area contributed by atoms with Gasteiger partial charge in [-0.2, -0.15) is 0 Å². The van der Waals surface area contributed by atoms with Crippen LogP contribution in [0.15, 0.2) is 29.2 Å². The number of hydrogen-bond acceptors (Lipinski definition) is 3. The van der Waals surface area contributed by atoms with E-state index >= 15 is 0 Å². The fourth-order valence-electron chi connectivity index (χ4n) is 2.77. The predicted molar refractivity (Wildman–Crippen MR) is 87.3 cm³/mol. The molecule has 3 rings (SSSR count). The standard InChI is InChI=1S/C17H26N2S/c1-2-9-19(10-3-1)11-12-20-17-6-4-5-15(13-17)14-18-16-7-8-16/h4-6,13,16,18H,1-3,7-12,14H2. The third kappa shape index (κ3) is 4.80. The first kappa shape index (κ1) is 14.4. The third-order valence-corrected chi connectivity index (χ3v) is 5.17. The number of rotatable bonds is 7. The summed E-state index contributed by atoms with van der Waals surface area (Å²) >= 11 is 2.01. The second kappa shape index (κ2) is 7.48. The minimum Gasteiger partial charge on any atom is -0.310 e. The van der Waals surface area contributed by atoms with Gasteiger partial charge >= 0.3 is 0 Å². The summed E-state index contributed by atoms with van der Waals surface area (Å²) in [5.41, 5.74) is 1.43. The van der Waals surface area contributed by atoms with Gasteiger partial charge in [-0.05, 0) is 56.5 Å². The molecule has 0 radical (unpaired) electrons. The third-order valence-electron chi connectivity index (χ3n) is 4.20. The second-order valence-electron chi connectivity index (χ2n) is 6.05. The Morgan fingerprint density at radius 3 is 2.80 bits per heavy atom. The van der Waals surface area contributed by atoms with Gasteiger partial charge in [-0.3, -0.25) is 0 Å². The summed E-state index contributed by atoms with van der Waals surface area (Å²) < 4.78 is 0. The van der Waals surface area contributed by atoms with E-state index in [-0.39, 0.29) is 0 Å². The lowest BCUT2D eigenvalue weighted by Gasteiger charge is -2.26. The van der Waals surface area contributed by atoms with Crippen LogP contribution in [0.25, 0.3) is 0 Å². The van der Waals surface area contributed by atoms with E-state index < -0.39 is 0 Å². The summed E-state index contributed by atoms with van der Waals surface area (Å²) in [4.78, 5) is 4.05. The van der Waals surface area contributed by atoms with Crippen LogP contribution in [0.4, 0.5) is 0 Å². The molecule has 0 spiro atoms. The molecular formula is C17H26N2S. The highest BCUT2D eigenvalue weighted by atomic mass is 32.2. The maximum absolute atomic E-state index is 3.59. The summed E-state index contributed by atoms with van der Waals surface area (Å²) in [5.74, 6) is 1.22. The maximum atomic E-state index is 3.59. The van der Waals surface area contributed by atoms with Gasteiger partial charge in [0.05, 0.1) is 0 Å². The minimum absolute atomic E-state index is 0.797. The Hall–Kier alpha value is -0.510. The van der Waals surface area contributed by atoms with Crippen LogP contribution < -0.4 is 5.32 Å². The quantitative estimate of drug-likeness (QED) is 0.774. The Morgan fingerprint density at radius 2 is 2.00 bits per heavy atom. The van der Waals surface area contributed by atoms with E-state index in [0.717, 1.165) is 12.6 Å². The summed E-state index contributed by atoms with van der Waals surface area (Å²) in [5, 5.41) is 3.59. The van der Waals surface area contributed by atoms with Crippen molar-refractivity contribution in [2.75, 3.05) is 25.4 Å². The fourth-order valence-corrected chi connectivity index (χ4v) is 3.77. The molecule has 1 aromatic rings. The van der Waals surface area contributed by atoms with Crippen molar-refractivity contribution in [1.29, 1.82) is 0 Å². The first-order valence-electron chi connectivity index (χ1n) is 8.08. The highest BCUT2D eigenvalue weighted by Crippen LogP contribution is 2.22. The van der Waals surface area contributed by atoms with E-state index in [1.54, 1.807) is 0 Å². The van der Waals surface area contributed by atoms with Crippen LogP contribution in [0, 0.1) is 0 Å². The van der Waals surface area contributed by atoms with Crippen LogP contribution in [-0.2, 0) is 6.54 Å². The molecule has 1 saturated heterocycles. The zero-order valence-electron chi connectivity index (χ0n) is 12.3. The van der Waals surface area contributed by atoms with E-state index in [0.29, 0.717) is 0 Å². The fraction of sp³-hybridized carbons (Fsp3) is 0.647. The van der Waals surface area contributed by atoms with Crippen LogP contribution in [0.5, 0.6) is 0 Å². The van der Waals surface area contributed by atoms with Crippen molar-refractivity contribution >= 4 is 11.8 Å². The number of thioether (sulfide) groups is 1. The van der Waals surface area contributed by atoms with Crippen molar-refractivity contribution in [2.24, 2.45) is 0 Å². The van der Waals surface area contributed by atoms with Crippen molar-refractivity contribution in [3.63, 3.8) is 0 Å². The van der Waals surface area contributed by atoms with Gasteiger partial charge in [-0.1, -0.05) is 18.6 Å². The van der Waals surface area contributed by atoms with Gasteiger partial charge < -0.3 is 10.2 Å².